The first kappa shape index (κ1) is 17.0. The van der Waals surface area contributed by atoms with Gasteiger partial charge in [-0.25, -0.2) is 0 Å². The molecule has 1 atom stereocenters. The second-order valence-electron chi connectivity index (χ2n) is 6.47. The quantitative estimate of drug-likeness (QED) is 0.748. The summed E-state index contributed by atoms with van der Waals surface area (Å²) in [5, 5.41) is 3.80. The molecule has 0 bridgehead atoms. The van der Waals surface area contributed by atoms with Gasteiger partial charge in [0.2, 0.25) is 0 Å². The van der Waals surface area contributed by atoms with Gasteiger partial charge in [0.15, 0.2) is 0 Å². The van der Waals surface area contributed by atoms with Gasteiger partial charge in [-0.1, -0.05) is 33.1 Å². The van der Waals surface area contributed by atoms with E-state index in [0.29, 0.717) is 6.04 Å². The van der Waals surface area contributed by atoms with Gasteiger partial charge in [0.05, 0.1) is 0 Å². The lowest BCUT2D eigenvalue weighted by Crippen LogP contribution is -2.40. The van der Waals surface area contributed by atoms with E-state index in [-0.39, 0.29) is 0 Å². The summed E-state index contributed by atoms with van der Waals surface area (Å²) in [6.07, 6.45) is 13.2. The van der Waals surface area contributed by atoms with Gasteiger partial charge in [-0.15, -0.1) is 0 Å². The minimum atomic E-state index is 0.610. The SMILES string of the molecule is CCCNC(Cc1cncc(Br)c1)C1CCC(CC)CC1. The van der Waals surface area contributed by atoms with Crippen molar-refractivity contribution in [2.45, 2.75) is 64.8 Å². The molecule has 0 aromatic carbocycles. The van der Waals surface area contributed by atoms with Crippen molar-refractivity contribution in [3.05, 3.63) is 28.5 Å². The molecule has 21 heavy (non-hydrogen) atoms. The summed E-state index contributed by atoms with van der Waals surface area (Å²) in [6, 6.07) is 2.82. The van der Waals surface area contributed by atoms with Crippen molar-refractivity contribution in [2.24, 2.45) is 11.8 Å². The van der Waals surface area contributed by atoms with Gasteiger partial charge in [0.1, 0.15) is 0 Å². The van der Waals surface area contributed by atoms with E-state index >= 15 is 0 Å². The number of rotatable bonds is 7. The molecule has 118 valence electrons. The maximum atomic E-state index is 4.31. The normalized spacial score (nSPS) is 24.0. The van der Waals surface area contributed by atoms with E-state index in [9.17, 15) is 0 Å². The molecule has 2 rings (SSSR count). The Morgan fingerprint density at radius 1 is 1.24 bits per heavy atom. The number of pyridine rings is 1. The smallest absolute Gasteiger partial charge is 0.0410 e. The molecule has 1 aliphatic carbocycles. The lowest BCUT2D eigenvalue weighted by molar-refractivity contribution is 0.216. The Balaban J connectivity index is 1.97. The molecule has 1 fully saturated rings. The van der Waals surface area contributed by atoms with Crippen LogP contribution in [0.2, 0.25) is 0 Å². The summed E-state index contributed by atoms with van der Waals surface area (Å²) < 4.78 is 1.09. The second-order valence-corrected chi connectivity index (χ2v) is 7.38. The largest absolute Gasteiger partial charge is 0.313 e. The van der Waals surface area contributed by atoms with E-state index < -0.39 is 0 Å². The minimum Gasteiger partial charge on any atom is -0.313 e. The van der Waals surface area contributed by atoms with Crippen LogP contribution >= 0.6 is 15.9 Å². The first-order chi connectivity index (χ1) is 10.2. The Morgan fingerprint density at radius 3 is 2.62 bits per heavy atom. The second kappa shape index (κ2) is 8.89. The van der Waals surface area contributed by atoms with Gasteiger partial charge >= 0.3 is 0 Å². The van der Waals surface area contributed by atoms with E-state index in [0.717, 1.165) is 29.3 Å². The Bertz CT molecular complexity index is 413. The van der Waals surface area contributed by atoms with Gasteiger partial charge < -0.3 is 5.32 Å². The summed E-state index contributed by atoms with van der Waals surface area (Å²) in [5.41, 5.74) is 1.34. The van der Waals surface area contributed by atoms with Gasteiger partial charge in [-0.2, -0.15) is 0 Å². The van der Waals surface area contributed by atoms with E-state index in [1.165, 1.54) is 44.1 Å². The van der Waals surface area contributed by atoms with E-state index in [4.69, 9.17) is 0 Å². The van der Waals surface area contributed by atoms with Gasteiger partial charge in [-0.3, -0.25) is 4.98 Å². The lowest BCUT2D eigenvalue weighted by Gasteiger charge is -2.34. The lowest BCUT2D eigenvalue weighted by atomic mass is 9.76. The molecule has 1 aliphatic rings. The molecule has 1 aromatic heterocycles. The molecular formula is C18H29BrN2. The van der Waals surface area contributed by atoms with Crippen LogP contribution in [-0.4, -0.2) is 17.6 Å². The fraction of sp³-hybridized carbons (Fsp3) is 0.722. The van der Waals surface area contributed by atoms with Crippen LogP contribution in [0, 0.1) is 11.8 Å². The summed E-state index contributed by atoms with van der Waals surface area (Å²) in [7, 11) is 0. The molecule has 0 spiro atoms. The predicted octanol–water partition coefficient (Wildman–Crippen LogP) is 4.97. The molecular weight excluding hydrogens is 324 g/mol. The monoisotopic (exact) mass is 352 g/mol. The Morgan fingerprint density at radius 2 is 2.00 bits per heavy atom. The van der Waals surface area contributed by atoms with Crippen molar-refractivity contribution in [3.63, 3.8) is 0 Å². The molecule has 1 N–H and O–H groups in total. The first-order valence-corrected chi connectivity index (χ1v) is 9.35. The van der Waals surface area contributed by atoms with Crippen LogP contribution in [0.3, 0.4) is 0 Å². The van der Waals surface area contributed by atoms with Crippen LogP contribution in [0.25, 0.3) is 0 Å². The number of nitrogens with one attached hydrogen (secondary N) is 1. The maximum absolute atomic E-state index is 4.31. The van der Waals surface area contributed by atoms with Crippen LogP contribution in [0.15, 0.2) is 22.9 Å². The topological polar surface area (TPSA) is 24.9 Å². The van der Waals surface area contributed by atoms with Crippen molar-refractivity contribution in [1.29, 1.82) is 0 Å². The van der Waals surface area contributed by atoms with Crippen LogP contribution in [0.5, 0.6) is 0 Å². The zero-order valence-electron chi connectivity index (χ0n) is 13.4. The standard InChI is InChI=1S/C18H29BrN2/c1-3-9-21-18(11-15-10-17(19)13-20-12-15)16-7-5-14(4-2)6-8-16/h10,12-14,16,18,21H,3-9,11H2,1-2H3. The van der Waals surface area contributed by atoms with Crippen LogP contribution < -0.4 is 5.32 Å². The van der Waals surface area contributed by atoms with E-state index in [2.05, 4.69) is 46.1 Å². The molecule has 0 aliphatic heterocycles. The number of aromatic nitrogens is 1. The summed E-state index contributed by atoms with van der Waals surface area (Å²) in [6.45, 7) is 5.71. The predicted molar refractivity (Wildman–Crippen MR) is 93.5 cm³/mol. The number of hydrogen-bond donors (Lipinski definition) is 1. The molecule has 0 saturated heterocycles. The Labute approximate surface area is 138 Å². The van der Waals surface area contributed by atoms with E-state index in [1.807, 2.05) is 12.4 Å². The zero-order valence-corrected chi connectivity index (χ0v) is 15.0. The van der Waals surface area contributed by atoms with Crippen molar-refractivity contribution < 1.29 is 0 Å². The highest BCUT2D eigenvalue weighted by atomic mass is 79.9. The third-order valence-electron chi connectivity index (χ3n) is 4.91. The van der Waals surface area contributed by atoms with Crippen LogP contribution in [0.1, 0.15) is 57.9 Å². The number of nitrogens with zero attached hydrogens (tertiary/aromatic N) is 1. The fourth-order valence-corrected chi connectivity index (χ4v) is 3.97. The minimum absolute atomic E-state index is 0.610. The van der Waals surface area contributed by atoms with Crippen molar-refractivity contribution >= 4 is 15.9 Å². The third kappa shape index (κ3) is 5.37. The number of hydrogen-bond acceptors (Lipinski definition) is 2. The van der Waals surface area contributed by atoms with Crippen molar-refractivity contribution in [1.82, 2.24) is 10.3 Å². The molecule has 1 aromatic rings. The molecule has 0 radical (unpaired) electrons. The molecule has 1 saturated carbocycles. The summed E-state index contributed by atoms with van der Waals surface area (Å²) >= 11 is 3.54. The van der Waals surface area contributed by atoms with Crippen molar-refractivity contribution in [3.8, 4) is 0 Å². The summed E-state index contributed by atoms with van der Waals surface area (Å²) in [4.78, 5) is 4.31. The Hall–Kier alpha value is -0.410. The molecule has 2 nitrogen and oxygen atoms in total. The highest BCUT2D eigenvalue weighted by molar-refractivity contribution is 9.10. The van der Waals surface area contributed by atoms with E-state index in [1.54, 1.807) is 0 Å². The average molecular weight is 353 g/mol. The molecule has 1 heterocycles. The summed E-state index contributed by atoms with van der Waals surface area (Å²) in [5.74, 6) is 1.80. The average Bonchev–Trinajstić information content (AvgIpc) is 2.51. The highest BCUT2D eigenvalue weighted by Gasteiger charge is 2.26. The molecule has 0 amide bonds. The fourth-order valence-electron chi connectivity index (χ4n) is 3.56. The molecule has 3 heteroatoms. The van der Waals surface area contributed by atoms with Gasteiger partial charge in [0, 0.05) is 22.9 Å². The first-order valence-electron chi connectivity index (χ1n) is 8.55. The maximum Gasteiger partial charge on any atom is 0.0410 e. The molecule has 1 unspecified atom stereocenters. The highest BCUT2D eigenvalue weighted by Crippen LogP contribution is 2.33. The Kier molecular flexibility index (Phi) is 7.18. The van der Waals surface area contributed by atoms with Gasteiger partial charge in [-0.05, 0) is 71.6 Å². The third-order valence-corrected chi connectivity index (χ3v) is 5.35. The van der Waals surface area contributed by atoms with Crippen LogP contribution in [0.4, 0.5) is 0 Å². The number of halogens is 1. The zero-order chi connectivity index (χ0) is 15.1. The van der Waals surface area contributed by atoms with Gasteiger partial charge in [0.25, 0.3) is 0 Å². The van der Waals surface area contributed by atoms with Crippen LogP contribution in [-0.2, 0) is 6.42 Å². The van der Waals surface area contributed by atoms with Crippen molar-refractivity contribution in [2.75, 3.05) is 6.54 Å².